The fourth-order valence-electron chi connectivity index (χ4n) is 3.46. The van der Waals surface area contributed by atoms with Crippen molar-refractivity contribution in [2.45, 2.75) is 70.8 Å². The van der Waals surface area contributed by atoms with E-state index in [2.05, 4.69) is 12.7 Å². The summed E-state index contributed by atoms with van der Waals surface area (Å²) in [5, 5.41) is 0. The van der Waals surface area contributed by atoms with E-state index in [0.29, 0.717) is 13.0 Å². The highest BCUT2D eigenvalue weighted by molar-refractivity contribution is 5.90. The van der Waals surface area contributed by atoms with Crippen LogP contribution < -0.4 is 0 Å². The van der Waals surface area contributed by atoms with Gasteiger partial charge in [-0.3, -0.25) is 9.59 Å². The summed E-state index contributed by atoms with van der Waals surface area (Å²) in [5.41, 5.74) is 0.568. The number of carbonyl (C=O) groups excluding carboxylic acids is 2. The van der Waals surface area contributed by atoms with Gasteiger partial charge in [0, 0.05) is 13.0 Å². The average molecular weight is 317 g/mol. The normalized spacial score (nSPS) is 18.4. The molecule has 0 radical (unpaired) electrons. The molecule has 0 aromatic carbocycles. The van der Waals surface area contributed by atoms with E-state index < -0.39 is 5.54 Å². The van der Waals surface area contributed by atoms with E-state index in [9.17, 15) is 9.59 Å². The largest absolute Gasteiger partial charge is 0.332 e. The minimum atomic E-state index is -0.563. The number of carbonyl (C=O) groups is 2. The first kappa shape index (κ1) is 19.4. The van der Waals surface area contributed by atoms with Gasteiger partial charge in [-0.15, -0.1) is 0 Å². The van der Waals surface area contributed by atoms with E-state index in [4.69, 9.17) is 0 Å². The molecule has 1 saturated carbocycles. The molecule has 23 heavy (non-hydrogen) atoms. The van der Waals surface area contributed by atoms with Crippen LogP contribution in [0.2, 0.25) is 0 Å². The minimum Gasteiger partial charge on any atom is -0.332 e. The zero-order valence-corrected chi connectivity index (χ0v) is 14.7. The lowest BCUT2D eigenvalue weighted by Crippen LogP contribution is -2.54. The maximum absolute atomic E-state index is 12.6. The summed E-state index contributed by atoms with van der Waals surface area (Å²) in [6, 6.07) is 0. The van der Waals surface area contributed by atoms with Gasteiger partial charge in [-0.05, 0) is 26.2 Å². The lowest BCUT2D eigenvalue weighted by Gasteiger charge is -2.40. The van der Waals surface area contributed by atoms with E-state index in [-0.39, 0.29) is 5.78 Å². The molecule has 0 N–H and O–H groups in total. The third-order valence-corrected chi connectivity index (χ3v) is 4.75. The van der Waals surface area contributed by atoms with Gasteiger partial charge in [0.05, 0.1) is 0 Å². The molecule has 3 nitrogen and oxygen atoms in total. The molecule has 0 atom stereocenters. The van der Waals surface area contributed by atoms with Crippen LogP contribution in [0.4, 0.5) is 0 Å². The van der Waals surface area contributed by atoms with Crippen molar-refractivity contribution in [1.82, 2.24) is 4.90 Å². The number of hydrogen-bond donors (Lipinski definition) is 0. The SMILES string of the molecule is C=C/C=C(/C)C=CCCN(C=O)C1(C(=O)CC)CCCCCC1. The second-order valence-corrected chi connectivity index (χ2v) is 6.36. The molecule has 1 aliphatic rings. The quantitative estimate of drug-likeness (QED) is 0.354. The van der Waals surface area contributed by atoms with Gasteiger partial charge >= 0.3 is 0 Å². The summed E-state index contributed by atoms with van der Waals surface area (Å²) in [6.45, 7) is 8.20. The summed E-state index contributed by atoms with van der Waals surface area (Å²) in [5.74, 6) is 0.221. The zero-order chi connectivity index (χ0) is 17.1. The average Bonchev–Trinajstić information content (AvgIpc) is 2.81. The lowest BCUT2D eigenvalue weighted by atomic mass is 9.82. The van der Waals surface area contributed by atoms with Gasteiger partial charge in [0.15, 0.2) is 5.78 Å². The summed E-state index contributed by atoms with van der Waals surface area (Å²) in [4.78, 5) is 26.1. The summed E-state index contributed by atoms with van der Waals surface area (Å²) < 4.78 is 0. The Morgan fingerprint density at radius 1 is 1.22 bits per heavy atom. The van der Waals surface area contributed by atoms with Crippen LogP contribution in [0.3, 0.4) is 0 Å². The van der Waals surface area contributed by atoms with Crippen LogP contribution >= 0.6 is 0 Å². The van der Waals surface area contributed by atoms with Crippen LogP contribution in [0, 0.1) is 0 Å². The Labute approximate surface area is 141 Å². The van der Waals surface area contributed by atoms with Crippen LogP contribution in [0.1, 0.15) is 65.2 Å². The minimum absolute atomic E-state index is 0.221. The van der Waals surface area contributed by atoms with Gasteiger partial charge < -0.3 is 4.90 Å². The predicted octanol–water partition coefficient (Wildman–Crippen LogP) is 4.60. The maximum atomic E-state index is 12.6. The number of Topliss-reactive ketones (excluding diaryl/α,β-unsaturated/α-hetero) is 1. The van der Waals surface area contributed by atoms with Gasteiger partial charge in [-0.2, -0.15) is 0 Å². The second-order valence-electron chi connectivity index (χ2n) is 6.36. The zero-order valence-electron chi connectivity index (χ0n) is 14.7. The maximum Gasteiger partial charge on any atom is 0.210 e. The Kier molecular flexibility index (Phi) is 8.60. The Morgan fingerprint density at radius 3 is 2.39 bits per heavy atom. The van der Waals surface area contributed by atoms with E-state index in [1.54, 1.807) is 11.0 Å². The number of amides is 1. The molecule has 0 spiro atoms. The second kappa shape index (κ2) is 10.2. The van der Waals surface area contributed by atoms with Gasteiger partial charge in [-0.1, -0.05) is 69.1 Å². The molecule has 0 bridgehead atoms. The molecule has 0 unspecified atom stereocenters. The van der Waals surface area contributed by atoms with Crippen molar-refractivity contribution in [2.24, 2.45) is 0 Å². The van der Waals surface area contributed by atoms with E-state index in [1.807, 2.05) is 26.0 Å². The summed E-state index contributed by atoms with van der Waals surface area (Å²) in [6.07, 6.45) is 16.0. The standard InChI is InChI=1S/C20H31NO2/c1-4-12-18(3)13-8-11-16-21(17-22)20(19(23)5-2)14-9-6-7-10-15-20/h4,8,12-13,17H,1,5-7,9-11,14-16H2,2-3H3/b13-8?,18-12-. The van der Waals surface area contributed by atoms with Crippen molar-refractivity contribution in [1.29, 1.82) is 0 Å². The molecule has 1 rings (SSSR count). The Balaban J connectivity index is 2.81. The van der Waals surface area contributed by atoms with Gasteiger partial charge in [0.25, 0.3) is 0 Å². The van der Waals surface area contributed by atoms with Crippen molar-refractivity contribution < 1.29 is 9.59 Å². The molecule has 3 heteroatoms. The van der Waals surface area contributed by atoms with Crippen LogP contribution in [-0.4, -0.2) is 29.2 Å². The topological polar surface area (TPSA) is 37.4 Å². The predicted molar refractivity (Wildman–Crippen MR) is 96.2 cm³/mol. The van der Waals surface area contributed by atoms with E-state index in [0.717, 1.165) is 56.9 Å². The van der Waals surface area contributed by atoms with Crippen molar-refractivity contribution in [3.63, 3.8) is 0 Å². The van der Waals surface area contributed by atoms with Crippen molar-refractivity contribution >= 4 is 12.2 Å². The van der Waals surface area contributed by atoms with Crippen LogP contribution in [0.15, 0.2) is 36.5 Å². The number of hydrogen-bond acceptors (Lipinski definition) is 2. The Morgan fingerprint density at radius 2 is 1.87 bits per heavy atom. The van der Waals surface area contributed by atoms with E-state index in [1.165, 1.54) is 0 Å². The third-order valence-electron chi connectivity index (χ3n) is 4.75. The molecular formula is C20H31NO2. The molecular weight excluding hydrogens is 286 g/mol. The molecule has 0 aromatic heterocycles. The monoisotopic (exact) mass is 317 g/mol. The molecule has 0 aromatic rings. The number of ketones is 1. The molecule has 1 aliphatic carbocycles. The summed E-state index contributed by atoms with van der Waals surface area (Å²) >= 11 is 0. The van der Waals surface area contributed by atoms with Gasteiger partial charge in [-0.25, -0.2) is 0 Å². The molecule has 1 fully saturated rings. The van der Waals surface area contributed by atoms with E-state index >= 15 is 0 Å². The number of allylic oxidation sites excluding steroid dienone is 4. The molecule has 1 amide bonds. The lowest BCUT2D eigenvalue weighted by molar-refractivity contribution is -0.140. The summed E-state index contributed by atoms with van der Waals surface area (Å²) in [7, 11) is 0. The number of rotatable bonds is 9. The highest BCUT2D eigenvalue weighted by Gasteiger charge is 2.41. The van der Waals surface area contributed by atoms with Crippen molar-refractivity contribution in [3.8, 4) is 0 Å². The molecule has 128 valence electrons. The van der Waals surface area contributed by atoms with Gasteiger partial charge in [0.1, 0.15) is 5.54 Å². The highest BCUT2D eigenvalue weighted by atomic mass is 16.2. The third kappa shape index (κ3) is 5.49. The first-order valence-corrected chi connectivity index (χ1v) is 8.82. The smallest absolute Gasteiger partial charge is 0.210 e. The first-order chi connectivity index (χ1) is 11.1. The fourth-order valence-corrected chi connectivity index (χ4v) is 3.46. The Bertz CT molecular complexity index is 454. The Hall–Kier alpha value is -1.64. The van der Waals surface area contributed by atoms with Gasteiger partial charge in [0.2, 0.25) is 6.41 Å². The highest BCUT2D eigenvalue weighted by Crippen LogP contribution is 2.34. The van der Waals surface area contributed by atoms with Crippen molar-refractivity contribution in [3.05, 3.63) is 36.5 Å². The number of nitrogens with zero attached hydrogens (tertiary/aromatic N) is 1. The van der Waals surface area contributed by atoms with Crippen molar-refractivity contribution in [2.75, 3.05) is 6.54 Å². The van der Waals surface area contributed by atoms with Crippen LogP contribution in [0.25, 0.3) is 0 Å². The fraction of sp³-hybridized carbons (Fsp3) is 0.600. The van der Waals surface area contributed by atoms with Crippen LogP contribution in [0.5, 0.6) is 0 Å². The van der Waals surface area contributed by atoms with Crippen LogP contribution in [-0.2, 0) is 9.59 Å². The molecule has 0 aliphatic heterocycles. The molecule has 0 heterocycles. The molecule has 0 saturated heterocycles. The first-order valence-electron chi connectivity index (χ1n) is 8.82.